The molecular formula is C20H20N2O4. The maximum Gasteiger partial charge on any atom is 0.328 e. The highest BCUT2D eigenvalue weighted by Gasteiger charge is 2.21. The molecule has 134 valence electrons. The molecule has 4 N–H and O–H groups in total. The predicted octanol–water partition coefficient (Wildman–Crippen LogP) is 2.69. The second kappa shape index (κ2) is 9.77. The van der Waals surface area contributed by atoms with Crippen LogP contribution >= 0.6 is 0 Å². The molecule has 0 aliphatic heterocycles. The summed E-state index contributed by atoms with van der Waals surface area (Å²) in [5, 5.41) is 24.5. The number of aliphatic carboxylic acids is 2. The number of rotatable bonds is 5. The van der Waals surface area contributed by atoms with E-state index in [9.17, 15) is 9.59 Å². The molecule has 26 heavy (non-hydrogen) atoms. The van der Waals surface area contributed by atoms with Crippen LogP contribution in [-0.4, -0.2) is 22.2 Å². The van der Waals surface area contributed by atoms with Crippen LogP contribution < -0.4 is 5.73 Å². The normalized spacial score (nSPS) is 12.3. The molecule has 0 aliphatic carbocycles. The lowest BCUT2D eigenvalue weighted by Gasteiger charge is -2.25. The van der Waals surface area contributed by atoms with Gasteiger partial charge in [0.2, 0.25) is 0 Å². The smallest absolute Gasteiger partial charge is 0.328 e. The van der Waals surface area contributed by atoms with Crippen LogP contribution in [0.1, 0.15) is 23.6 Å². The summed E-state index contributed by atoms with van der Waals surface area (Å²) < 4.78 is 0. The average molecular weight is 352 g/mol. The molecule has 0 amide bonds. The lowest BCUT2D eigenvalue weighted by atomic mass is 9.86. The zero-order valence-electron chi connectivity index (χ0n) is 14.3. The third kappa shape index (κ3) is 7.43. The largest absolute Gasteiger partial charge is 0.478 e. The Kier molecular flexibility index (Phi) is 7.74. The van der Waals surface area contributed by atoms with Crippen molar-refractivity contribution in [2.24, 2.45) is 5.73 Å². The minimum absolute atomic E-state index is 0.421. The molecule has 0 fully saturated rings. The Hall–Kier alpha value is -3.43. The number of benzene rings is 2. The number of hydrogen-bond donors (Lipinski definition) is 3. The van der Waals surface area contributed by atoms with E-state index in [1.165, 1.54) is 0 Å². The van der Waals surface area contributed by atoms with Gasteiger partial charge in [-0.05, 0) is 36.6 Å². The van der Waals surface area contributed by atoms with E-state index in [4.69, 9.17) is 21.2 Å². The number of nitriles is 1. The fraction of sp³-hybridized carbons (Fsp3) is 0.150. The molecule has 1 unspecified atom stereocenters. The maximum atomic E-state index is 9.55. The van der Waals surface area contributed by atoms with E-state index in [1.54, 1.807) is 6.07 Å². The van der Waals surface area contributed by atoms with Crippen molar-refractivity contribution >= 4 is 11.9 Å². The van der Waals surface area contributed by atoms with Crippen molar-refractivity contribution in [1.82, 2.24) is 0 Å². The lowest BCUT2D eigenvalue weighted by molar-refractivity contribution is -0.134. The summed E-state index contributed by atoms with van der Waals surface area (Å²) in [6, 6.07) is 19.8. The quantitative estimate of drug-likeness (QED) is 0.711. The van der Waals surface area contributed by atoms with Crippen molar-refractivity contribution in [3.63, 3.8) is 0 Å². The molecule has 2 aromatic carbocycles. The fourth-order valence-electron chi connectivity index (χ4n) is 2.24. The molecule has 0 radical (unpaired) electrons. The molecule has 2 rings (SSSR count). The van der Waals surface area contributed by atoms with Crippen molar-refractivity contribution in [1.29, 1.82) is 5.26 Å². The fourth-order valence-corrected chi connectivity index (χ4v) is 2.24. The number of nitrogens with zero attached hydrogens (tertiary/aromatic N) is 1. The topological polar surface area (TPSA) is 124 Å². The summed E-state index contributed by atoms with van der Waals surface area (Å²) in [6.07, 6.45) is 1.83. The third-order valence-corrected chi connectivity index (χ3v) is 3.43. The van der Waals surface area contributed by atoms with Gasteiger partial charge in [0.15, 0.2) is 0 Å². The van der Waals surface area contributed by atoms with Crippen LogP contribution in [-0.2, 0) is 21.5 Å². The summed E-state index contributed by atoms with van der Waals surface area (Å²) in [5.74, 6) is -2.51. The van der Waals surface area contributed by atoms with Gasteiger partial charge in [-0.2, -0.15) is 5.26 Å². The molecule has 0 saturated heterocycles. The van der Waals surface area contributed by atoms with E-state index in [0.717, 1.165) is 11.1 Å². The van der Waals surface area contributed by atoms with Gasteiger partial charge >= 0.3 is 11.9 Å². The lowest BCUT2D eigenvalue weighted by Crippen LogP contribution is -2.35. The number of carboxylic acid groups (broad SMARTS) is 2. The minimum Gasteiger partial charge on any atom is -0.478 e. The molecule has 6 heteroatoms. The summed E-state index contributed by atoms with van der Waals surface area (Å²) in [6.45, 7) is 2.02. The Balaban J connectivity index is 0.000000359. The second-order valence-electron chi connectivity index (χ2n) is 5.78. The van der Waals surface area contributed by atoms with Gasteiger partial charge in [0.05, 0.1) is 11.6 Å². The highest BCUT2D eigenvalue weighted by atomic mass is 16.4. The third-order valence-electron chi connectivity index (χ3n) is 3.43. The zero-order valence-corrected chi connectivity index (χ0v) is 14.3. The van der Waals surface area contributed by atoms with E-state index in [0.29, 0.717) is 24.1 Å². The Morgan fingerprint density at radius 2 is 1.65 bits per heavy atom. The Morgan fingerprint density at radius 1 is 1.08 bits per heavy atom. The zero-order chi connectivity index (χ0) is 19.6. The van der Waals surface area contributed by atoms with Crippen LogP contribution in [0.3, 0.4) is 0 Å². The first-order valence-electron chi connectivity index (χ1n) is 7.72. The summed E-state index contributed by atoms with van der Waals surface area (Å²) in [7, 11) is 0. The molecule has 0 heterocycles. The molecule has 6 nitrogen and oxygen atoms in total. The monoisotopic (exact) mass is 352 g/mol. The van der Waals surface area contributed by atoms with E-state index >= 15 is 0 Å². The Labute approximate surface area is 151 Å². The minimum atomic E-state index is -1.26. The first-order valence-corrected chi connectivity index (χ1v) is 7.72. The predicted molar refractivity (Wildman–Crippen MR) is 97.3 cm³/mol. The van der Waals surface area contributed by atoms with Gasteiger partial charge in [-0.15, -0.1) is 0 Å². The number of hydrogen-bond acceptors (Lipinski definition) is 4. The first-order chi connectivity index (χ1) is 12.2. The van der Waals surface area contributed by atoms with Crippen molar-refractivity contribution in [3.05, 3.63) is 83.4 Å². The van der Waals surface area contributed by atoms with Gasteiger partial charge in [-0.3, -0.25) is 0 Å². The van der Waals surface area contributed by atoms with Crippen molar-refractivity contribution in [2.45, 2.75) is 18.9 Å². The molecule has 0 spiro atoms. The number of carboxylic acids is 2. The van der Waals surface area contributed by atoms with Crippen molar-refractivity contribution < 1.29 is 19.8 Å². The van der Waals surface area contributed by atoms with Gasteiger partial charge in [-0.1, -0.05) is 42.5 Å². The highest BCUT2D eigenvalue weighted by molar-refractivity contribution is 5.89. The standard InChI is InChI=1S/C16H16N2.C4H4O4/c1-16(18,15-8-3-2-4-9-15)11-13-6-5-7-14(10-13)12-17;5-3(6)1-2-4(7)8/h2-10H,11,18H2,1H3;1-2H,(H,5,6)(H,7,8). The number of carbonyl (C=O) groups is 2. The van der Waals surface area contributed by atoms with Crippen LogP contribution in [0.4, 0.5) is 0 Å². The summed E-state index contributed by atoms with van der Waals surface area (Å²) in [4.78, 5) is 19.1. The van der Waals surface area contributed by atoms with Gasteiger partial charge in [0, 0.05) is 17.7 Å². The van der Waals surface area contributed by atoms with Crippen LogP contribution in [0.15, 0.2) is 66.7 Å². The van der Waals surface area contributed by atoms with E-state index in [-0.39, 0.29) is 0 Å². The molecule has 0 bridgehead atoms. The van der Waals surface area contributed by atoms with Crippen molar-refractivity contribution in [3.8, 4) is 6.07 Å². The van der Waals surface area contributed by atoms with Crippen molar-refractivity contribution in [2.75, 3.05) is 0 Å². The van der Waals surface area contributed by atoms with Gasteiger partial charge in [0.25, 0.3) is 0 Å². The second-order valence-corrected chi connectivity index (χ2v) is 5.78. The molecule has 0 aliphatic rings. The van der Waals surface area contributed by atoms with E-state index in [1.807, 2.05) is 55.5 Å². The molecular weight excluding hydrogens is 332 g/mol. The van der Waals surface area contributed by atoms with E-state index < -0.39 is 17.5 Å². The summed E-state index contributed by atoms with van der Waals surface area (Å²) >= 11 is 0. The Bertz CT molecular complexity index is 805. The van der Waals surface area contributed by atoms with E-state index in [2.05, 4.69) is 6.07 Å². The van der Waals surface area contributed by atoms with Crippen LogP contribution in [0, 0.1) is 11.3 Å². The number of nitrogens with two attached hydrogens (primary N) is 1. The maximum absolute atomic E-state index is 9.55. The average Bonchev–Trinajstić information content (AvgIpc) is 2.61. The molecule has 0 aromatic heterocycles. The van der Waals surface area contributed by atoms with Gasteiger partial charge < -0.3 is 15.9 Å². The highest BCUT2D eigenvalue weighted by Crippen LogP contribution is 2.22. The SMILES string of the molecule is CC(N)(Cc1cccc(C#N)c1)c1ccccc1.O=C(O)C=CC(=O)O. The molecule has 1 atom stereocenters. The molecule has 2 aromatic rings. The summed E-state index contributed by atoms with van der Waals surface area (Å²) in [5.41, 5.74) is 8.82. The van der Waals surface area contributed by atoms with Crippen LogP contribution in [0.5, 0.6) is 0 Å². The molecule has 0 saturated carbocycles. The first kappa shape index (κ1) is 20.6. The van der Waals surface area contributed by atoms with Crippen LogP contribution in [0.25, 0.3) is 0 Å². The van der Waals surface area contributed by atoms with Crippen LogP contribution in [0.2, 0.25) is 0 Å². The van der Waals surface area contributed by atoms with Gasteiger partial charge in [-0.25, -0.2) is 9.59 Å². The van der Waals surface area contributed by atoms with Gasteiger partial charge in [0.1, 0.15) is 0 Å². The Morgan fingerprint density at radius 3 is 2.15 bits per heavy atom.